The summed E-state index contributed by atoms with van der Waals surface area (Å²) in [5.41, 5.74) is 2.19. The Morgan fingerprint density at radius 2 is 1.14 bits per heavy atom. The second-order valence-corrected chi connectivity index (χ2v) is 4.72. The SMILES string of the molecule is c1cncc(OCc2ccccc2COc2cccnc2)c1. The van der Waals surface area contributed by atoms with Crippen molar-refractivity contribution in [3.63, 3.8) is 0 Å². The van der Waals surface area contributed by atoms with Crippen molar-refractivity contribution in [1.29, 1.82) is 0 Å². The Morgan fingerprint density at radius 1 is 0.636 bits per heavy atom. The van der Waals surface area contributed by atoms with E-state index in [4.69, 9.17) is 9.47 Å². The molecule has 0 aliphatic heterocycles. The van der Waals surface area contributed by atoms with Crippen LogP contribution in [0.25, 0.3) is 0 Å². The molecule has 0 spiro atoms. The molecule has 4 nitrogen and oxygen atoms in total. The molecule has 0 unspecified atom stereocenters. The lowest BCUT2D eigenvalue weighted by molar-refractivity contribution is 0.284. The van der Waals surface area contributed by atoms with E-state index in [2.05, 4.69) is 9.97 Å². The van der Waals surface area contributed by atoms with Crippen LogP contribution in [0.5, 0.6) is 11.5 Å². The highest BCUT2D eigenvalue weighted by molar-refractivity contribution is 5.28. The van der Waals surface area contributed by atoms with Crippen LogP contribution in [-0.2, 0) is 13.2 Å². The van der Waals surface area contributed by atoms with Gasteiger partial charge in [0, 0.05) is 12.4 Å². The first-order valence-electron chi connectivity index (χ1n) is 7.04. The molecular weight excluding hydrogens is 276 g/mol. The third kappa shape index (κ3) is 3.82. The van der Waals surface area contributed by atoms with Gasteiger partial charge in [0.2, 0.25) is 0 Å². The molecule has 0 N–H and O–H groups in total. The summed E-state index contributed by atoms with van der Waals surface area (Å²) >= 11 is 0. The monoisotopic (exact) mass is 292 g/mol. The maximum atomic E-state index is 5.75. The van der Waals surface area contributed by atoms with E-state index < -0.39 is 0 Å². The zero-order chi connectivity index (χ0) is 15.0. The van der Waals surface area contributed by atoms with Crippen molar-refractivity contribution in [3.05, 3.63) is 84.4 Å². The van der Waals surface area contributed by atoms with E-state index in [1.54, 1.807) is 24.8 Å². The minimum absolute atomic E-state index is 0.484. The molecule has 22 heavy (non-hydrogen) atoms. The van der Waals surface area contributed by atoms with Crippen molar-refractivity contribution in [2.75, 3.05) is 0 Å². The summed E-state index contributed by atoms with van der Waals surface area (Å²) in [7, 11) is 0. The van der Waals surface area contributed by atoms with Gasteiger partial charge in [0.15, 0.2) is 0 Å². The molecule has 0 aliphatic rings. The van der Waals surface area contributed by atoms with Gasteiger partial charge in [0.05, 0.1) is 12.4 Å². The molecule has 0 fully saturated rings. The molecule has 3 aromatic rings. The molecule has 3 rings (SSSR count). The van der Waals surface area contributed by atoms with Gasteiger partial charge in [-0.25, -0.2) is 0 Å². The first kappa shape index (κ1) is 14.1. The van der Waals surface area contributed by atoms with E-state index in [0.29, 0.717) is 13.2 Å². The second kappa shape index (κ2) is 7.22. The Morgan fingerprint density at radius 3 is 1.55 bits per heavy atom. The van der Waals surface area contributed by atoms with Gasteiger partial charge in [-0.2, -0.15) is 0 Å². The predicted molar refractivity (Wildman–Crippen MR) is 83.6 cm³/mol. The maximum Gasteiger partial charge on any atom is 0.138 e. The molecular formula is C18H16N2O2. The molecule has 0 saturated heterocycles. The maximum absolute atomic E-state index is 5.75. The van der Waals surface area contributed by atoms with Crippen LogP contribution in [0.2, 0.25) is 0 Å². The van der Waals surface area contributed by atoms with Crippen LogP contribution in [-0.4, -0.2) is 9.97 Å². The Balaban J connectivity index is 1.65. The summed E-state index contributed by atoms with van der Waals surface area (Å²) in [6.45, 7) is 0.969. The summed E-state index contributed by atoms with van der Waals surface area (Å²) in [6.07, 6.45) is 6.86. The van der Waals surface area contributed by atoms with Crippen LogP contribution in [0.3, 0.4) is 0 Å². The highest BCUT2D eigenvalue weighted by Gasteiger charge is 2.04. The first-order valence-corrected chi connectivity index (χ1v) is 7.04. The number of hydrogen-bond donors (Lipinski definition) is 0. The summed E-state index contributed by atoms with van der Waals surface area (Å²) in [5.74, 6) is 1.51. The van der Waals surface area contributed by atoms with E-state index in [0.717, 1.165) is 22.6 Å². The second-order valence-electron chi connectivity index (χ2n) is 4.72. The number of ether oxygens (including phenoxy) is 2. The number of aromatic nitrogens is 2. The number of benzene rings is 1. The number of nitrogens with zero attached hydrogens (tertiary/aromatic N) is 2. The molecule has 0 saturated carbocycles. The quantitative estimate of drug-likeness (QED) is 0.696. The highest BCUT2D eigenvalue weighted by atomic mass is 16.5. The molecule has 2 aromatic heterocycles. The van der Waals surface area contributed by atoms with Crippen molar-refractivity contribution >= 4 is 0 Å². The first-order chi connectivity index (χ1) is 10.9. The standard InChI is InChI=1S/C18H16N2O2/c1-2-6-16(14-22-18-8-4-10-20-12-18)15(5-1)13-21-17-7-3-9-19-11-17/h1-12H,13-14H2. The minimum atomic E-state index is 0.484. The van der Waals surface area contributed by atoms with E-state index in [1.165, 1.54) is 0 Å². The van der Waals surface area contributed by atoms with Crippen LogP contribution in [0.15, 0.2) is 73.3 Å². The molecule has 2 heterocycles. The van der Waals surface area contributed by atoms with Crippen molar-refractivity contribution in [3.8, 4) is 11.5 Å². The third-order valence-corrected chi connectivity index (χ3v) is 3.18. The van der Waals surface area contributed by atoms with E-state index in [-0.39, 0.29) is 0 Å². The van der Waals surface area contributed by atoms with Crippen molar-refractivity contribution in [2.24, 2.45) is 0 Å². The van der Waals surface area contributed by atoms with Crippen LogP contribution in [0, 0.1) is 0 Å². The lowest BCUT2D eigenvalue weighted by atomic mass is 10.1. The highest BCUT2D eigenvalue weighted by Crippen LogP contribution is 2.16. The molecule has 0 amide bonds. The minimum Gasteiger partial charge on any atom is -0.487 e. The number of hydrogen-bond acceptors (Lipinski definition) is 4. The van der Waals surface area contributed by atoms with Gasteiger partial charge in [-0.3, -0.25) is 9.97 Å². The van der Waals surface area contributed by atoms with Crippen LogP contribution in [0.4, 0.5) is 0 Å². The molecule has 0 radical (unpaired) electrons. The van der Waals surface area contributed by atoms with E-state index in [1.807, 2.05) is 48.5 Å². The van der Waals surface area contributed by atoms with E-state index >= 15 is 0 Å². The third-order valence-electron chi connectivity index (χ3n) is 3.18. The topological polar surface area (TPSA) is 44.2 Å². The van der Waals surface area contributed by atoms with Gasteiger partial charge in [0.1, 0.15) is 24.7 Å². The van der Waals surface area contributed by atoms with Crippen molar-refractivity contribution in [2.45, 2.75) is 13.2 Å². The molecule has 0 bridgehead atoms. The molecule has 110 valence electrons. The summed E-state index contributed by atoms with van der Waals surface area (Å²) in [4.78, 5) is 8.08. The molecule has 0 atom stereocenters. The van der Waals surface area contributed by atoms with Gasteiger partial charge in [-0.15, -0.1) is 0 Å². The average Bonchev–Trinajstić information content (AvgIpc) is 2.61. The Kier molecular flexibility index (Phi) is 4.62. The molecule has 1 aromatic carbocycles. The zero-order valence-electron chi connectivity index (χ0n) is 12.1. The van der Waals surface area contributed by atoms with Gasteiger partial charge >= 0.3 is 0 Å². The number of pyridine rings is 2. The fraction of sp³-hybridized carbons (Fsp3) is 0.111. The lowest BCUT2D eigenvalue weighted by Crippen LogP contribution is -2.03. The fourth-order valence-corrected chi connectivity index (χ4v) is 2.03. The van der Waals surface area contributed by atoms with E-state index in [9.17, 15) is 0 Å². The van der Waals surface area contributed by atoms with Gasteiger partial charge in [-0.05, 0) is 35.4 Å². The summed E-state index contributed by atoms with van der Waals surface area (Å²) in [5, 5.41) is 0. The Hall–Kier alpha value is -2.88. The van der Waals surface area contributed by atoms with Crippen LogP contribution in [0.1, 0.15) is 11.1 Å². The summed E-state index contributed by atoms with van der Waals surface area (Å²) < 4.78 is 11.5. The van der Waals surface area contributed by atoms with Crippen molar-refractivity contribution in [1.82, 2.24) is 9.97 Å². The smallest absolute Gasteiger partial charge is 0.138 e. The average molecular weight is 292 g/mol. The van der Waals surface area contributed by atoms with Gasteiger partial charge in [-0.1, -0.05) is 24.3 Å². The van der Waals surface area contributed by atoms with Gasteiger partial charge < -0.3 is 9.47 Å². The van der Waals surface area contributed by atoms with Crippen LogP contribution >= 0.6 is 0 Å². The summed E-state index contributed by atoms with van der Waals surface area (Å²) in [6, 6.07) is 15.6. The number of rotatable bonds is 6. The Labute approximate surface area is 129 Å². The van der Waals surface area contributed by atoms with Crippen molar-refractivity contribution < 1.29 is 9.47 Å². The predicted octanol–water partition coefficient (Wildman–Crippen LogP) is 3.63. The normalized spacial score (nSPS) is 10.2. The molecule has 4 heteroatoms. The van der Waals surface area contributed by atoms with Crippen LogP contribution < -0.4 is 9.47 Å². The van der Waals surface area contributed by atoms with Gasteiger partial charge in [0.25, 0.3) is 0 Å². The Bertz CT molecular complexity index is 640. The zero-order valence-corrected chi connectivity index (χ0v) is 12.1. The lowest BCUT2D eigenvalue weighted by Gasteiger charge is -2.12. The largest absolute Gasteiger partial charge is 0.487 e. The molecule has 0 aliphatic carbocycles. The fourth-order valence-electron chi connectivity index (χ4n) is 2.03.